The fraction of sp³-hybridized carbons (Fsp3) is 0.167. The van der Waals surface area contributed by atoms with Crippen LogP contribution >= 0.6 is 0 Å². The number of benzene rings is 2. The molecule has 1 aliphatic rings. The molecule has 0 saturated carbocycles. The van der Waals surface area contributed by atoms with E-state index in [2.05, 4.69) is 11.1 Å². The van der Waals surface area contributed by atoms with E-state index < -0.39 is 6.03 Å². The van der Waals surface area contributed by atoms with Crippen molar-refractivity contribution in [3.63, 3.8) is 0 Å². The molecule has 2 aromatic carbocycles. The standard InChI is InChI=1S/C18H16FN3O/c19-12-5-6-14-15(10-21-16(14)9-12)17-13-4-2-1-3-11(13)7-8-22(17)18(20)23/h1-6,9-10,17,21H,7-8H2,(H2,20,23). The Bertz CT molecular complexity index is 902. The van der Waals surface area contributed by atoms with Crippen LogP contribution in [0.3, 0.4) is 0 Å². The first-order chi connectivity index (χ1) is 11.1. The molecule has 0 fully saturated rings. The van der Waals surface area contributed by atoms with Crippen LogP contribution in [0.1, 0.15) is 22.7 Å². The number of halogens is 1. The Morgan fingerprint density at radius 2 is 2.04 bits per heavy atom. The summed E-state index contributed by atoms with van der Waals surface area (Å²) < 4.78 is 13.4. The number of H-pyrrole nitrogens is 1. The van der Waals surface area contributed by atoms with E-state index in [4.69, 9.17) is 5.73 Å². The SMILES string of the molecule is NC(=O)N1CCc2ccccc2C1c1c[nH]c2cc(F)ccc12. The normalized spacial score (nSPS) is 17.3. The number of aromatic nitrogens is 1. The van der Waals surface area contributed by atoms with E-state index in [-0.39, 0.29) is 11.9 Å². The van der Waals surface area contributed by atoms with Gasteiger partial charge in [-0.25, -0.2) is 9.18 Å². The van der Waals surface area contributed by atoms with Gasteiger partial charge in [-0.2, -0.15) is 0 Å². The van der Waals surface area contributed by atoms with Crippen molar-refractivity contribution in [2.45, 2.75) is 12.5 Å². The van der Waals surface area contributed by atoms with Gasteiger partial charge in [0, 0.05) is 29.2 Å². The number of urea groups is 1. The molecule has 0 aliphatic carbocycles. The highest BCUT2D eigenvalue weighted by molar-refractivity contribution is 5.85. The fourth-order valence-electron chi connectivity index (χ4n) is 3.49. The van der Waals surface area contributed by atoms with E-state index in [0.717, 1.165) is 22.9 Å². The van der Waals surface area contributed by atoms with E-state index in [1.54, 1.807) is 11.0 Å². The van der Waals surface area contributed by atoms with Gasteiger partial charge in [0.2, 0.25) is 0 Å². The number of fused-ring (bicyclic) bond motifs is 2. The van der Waals surface area contributed by atoms with E-state index in [0.29, 0.717) is 12.1 Å². The summed E-state index contributed by atoms with van der Waals surface area (Å²) in [6.07, 6.45) is 2.62. The summed E-state index contributed by atoms with van der Waals surface area (Å²) in [6, 6.07) is 12.0. The van der Waals surface area contributed by atoms with Gasteiger partial charge in [-0.3, -0.25) is 0 Å². The number of primary amides is 1. The summed E-state index contributed by atoms with van der Waals surface area (Å²) in [5, 5.41) is 0.902. The Kier molecular flexibility index (Phi) is 3.08. The van der Waals surface area contributed by atoms with Crippen molar-refractivity contribution in [3.8, 4) is 0 Å². The molecule has 116 valence electrons. The maximum Gasteiger partial charge on any atom is 0.315 e. The molecule has 0 spiro atoms. The third-order valence-electron chi connectivity index (χ3n) is 4.54. The second kappa shape index (κ2) is 5.12. The second-order valence-electron chi connectivity index (χ2n) is 5.82. The molecule has 23 heavy (non-hydrogen) atoms. The number of aromatic amines is 1. The van der Waals surface area contributed by atoms with Crippen LogP contribution in [0.15, 0.2) is 48.7 Å². The molecule has 5 heteroatoms. The highest BCUT2D eigenvalue weighted by Gasteiger charge is 2.32. The first kappa shape index (κ1) is 13.8. The van der Waals surface area contributed by atoms with Crippen molar-refractivity contribution < 1.29 is 9.18 Å². The van der Waals surface area contributed by atoms with Crippen molar-refractivity contribution in [3.05, 3.63) is 71.2 Å². The Hall–Kier alpha value is -2.82. The largest absolute Gasteiger partial charge is 0.361 e. The molecule has 1 atom stereocenters. The number of carbonyl (C=O) groups is 1. The molecule has 0 radical (unpaired) electrons. The van der Waals surface area contributed by atoms with Crippen LogP contribution in [0.4, 0.5) is 9.18 Å². The predicted molar refractivity (Wildman–Crippen MR) is 86.5 cm³/mol. The third kappa shape index (κ3) is 2.16. The molecule has 2 amide bonds. The average molecular weight is 309 g/mol. The van der Waals surface area contributed by atoms with Crippen molar-refractivity contribution in [1.29, 1.82) is 0 Å². The van der Waals surface area contributed by atoms with Crippen molar-refractivity contribution >= 4 is 16.9 Å². The van der Waals surface area contributed by atoms with Gasteiger partial charge in [-0.1, -0.05) is 24.3 Å². The lowest BCUT2D eigenvalue weighted by Crippen LogP contribution is -2.43. The maximum atomic E-state index is 13.4. The van der Waals surface area contributed by atoms with Gasteiger partial charge in [-0.05, 0) is 35.7 Å². The number of rotatable bonds is 1. The van der Waals surface area contributed by atoms with Gasteiger partial charge in [-0.15, -0.1) is 0 Å². The number of nitrogens with one attached hydrogen (secondary N) is 1. The summed E-state index contributed by atoms with van der Waals surface area (Å²) in [5.41, 5.74) is 9.54. The van der Waals surface area contributed by atoms with Crippen molar-refractivity contribution in [2.24, 2.45) is 5.73 Å². The van der Waals surface area contributed by atoms with Gasteiger partial charge in [0.25, 0.3) is 0 Å². The summed E-state index contributed by atoms with van der Waals surface area (Å²) in [5.74, 6) is -0.290. The highest BCUT2D eigenvalue weighted by atomic mass is 19.1. The first-order valence-electron chi connectivity index (χ1n) is 7.55. The zero-order valence-corrected chi connectivity index (χ0v) is 12.4. The third-order valence-corrected chi connectivity index (χ3v) is 4.54. The Labute approximate surface area is 132 Å². The van der Waals surface area contributed by atoms with Crippen LogP contribution in [0.5, 0.6) is 0 Å². The number of amides is 2. The van der Waals surface area contributed by atoms with Crippen LogP contribution < -0.4 is 5.73 Å². The van der Waals surface area contributed by atoms with Gasteiger partial charge < -0.3 is 15.6 Å². The van der Waals surface area contributed by atoms with Crippen molar-refractivity contribution in [2.75, 3.05) is 6.54 Å². The predicted octanol–water partition coefficient (Wildman–Crippen LogP) is 3.33. The highest BCUT2D eigenvalue weighted by Crippen LogP contribution is 2.38. The monoisotopic (exact) mass is 309 g/mol. The van der Waals surface area contributed by atoms with Gasteiger partial charge in [0.1, 0.15) is 5.82 Å². The molecule has 0 bridgehead atoms. The Morgan fingerprint density at radius 3 is 2.87 bits per heavy atom. The number of carbonyl (C=O) groups excluding carboxylic acids is 1. The van der Waals surface area contributed by atoms with E-state index in [1.165, 1.54) is 17.7 Å². The average Bonchev–Trinajstić information content (AvgIpc) is 2.96. The maximum absolute atomic E-state index is 13.4. The van der Waals surface area contributed by atoms with Crippen LogP contribution in [-0.2, 0) is 6.42 Å². The summed E-state index contributed by atoms with van der Waals surface area (Å²) in [7, 11) is 0. The molecule has 1 aliphatic heterocycles. The van der Waals surface area contributed by atoms with Crippen LogP contribution in [0.25, 0.3) is 10.9 Å². The summed E-state index contributed by atoms with van der Waals surface area (Å²) in [6.45, 7) is 0.574. The zero-order chi connectivity index (χ0) is 16.0. The minimum Gasteiger partial charge on any atom is -0.361 e. The second-order valence-corrected chi connectivity index (χ2v) is 5.82. The molecule has 3 aromatic rings. The molecule has 2 heterocycles. The molecule has 1 aromatic heterocycles. The van der Waals surface area contributed by atoms with Gasteiger partial charge in [0.15, 0.2) is 0 Å². The lowest BCUT2D eigenvalue weighted by atomic mass is 9.88. The summed E-state index contributed by atoms with van der Waals surface area (Å²) in [4.78, 5) is 16.7. The number of nitrogens with two attached hydrogens (primary N) is 1. The van der Waals surface area contributed by atoms with Gasteiger partial charge >= 0.3 is 6.03 Å². The lowest BCUT2D eigenvalue weighted by molar-refractivity contribution is 0.190. The molecule has 1 unspecified atom stereocenters. The molecule has 4 rings (SSSR count). The Balaban J connectivity index is 1.94. The molecule has 4 nitrogen and oxygen atoms in total. The number of hydrogen-bond donors (Lipinski definition) is 2. The Morgan fingerprint density at radius 1 is 1.22 bits per heavy atom. The molecule has 0 saturated heterocycles. The lowest BCUT2D eigenvalue weighted by Gasteiger charge is -2.36. The van der Waals surface area contributed by atoms with E-state index in [9.17, 15) is 9.18 Å². The topological polar surface area (TPSA) is 62.1 Å². The molecular formula is C18H16FN3O. The minimum atomic E-state index is -0.444. The first-order valence-corrected chi connectivity index (χ1v) is 7.55. The zero-order valence-electron chi connectivity index (χ0n) is 12.4. The van der Waals surface area contributed by atoms with Crippen LogP contribution in [0.2, 0.25) is 0 Å². The summed E-state index contributed by atoms with van der Waals surface area (Å²) >= 11 is 0. The number of nitrogens with zero attached hydrogens (tertiary/aromatic N) is 1. The quantitative estimate of drug-likeness (QED) is 0.711. The molecule has 3 N–H and O–H groups in total. The smallest absolute Gasteiger partial charge is 0.315 e. The van der Waals surface area contributed by atoms with Crippen molar-refractivity contribution in [1.82, 2.24) is 9.88 Å². The minimum absolute atomic E-state index is 0.253. The van der Waals surface area contributed by atoms with E-state index >= 15 is 0 Å². The van der Waals surface area contributed by atoms with E-state index in [1.807, 2.05) is 24.4 Å². The van der Waals surface area contributed by atoms with Crippen LogP contribution in [-0.4, -0.2) is 22.5 Å². The van der Waals surface area contributed by atoms with Crippen LogP contribution in [0, 0.1) is 5.82 Å². The fourth-order valence-corrected chi connectivity index (χ4v) is 3.49. The molecular weight excluding hydrogens is 293 g/mol. The number of hydrogen-bond acceptors (Lipinski definition) is 1. The van der Waals surface area contributed by atoms with Gasteiger partial charge in [0.05, 0.1) is 6.04 Å².